The smallest absolute Gasteiger partial charge is 0.143 e. The van der Waals surface area contributed by atoms with Gasteiger partial charge in [-0.1, -0.05) is 72.8 Å². The summed E-state index contributed by atoms with van der Waals surface area (Å²) in [6, 6.07) is 37.3. The Morgan fingerprint density at radius 3 is 2.12 bits per heavy atom. The van der Waals surface area contributed by atoms with E-state index in [-0.39, 0.29) is 0 Å². The van der Waals surface area contributed by atoms with E-state index in [4.69, 9.17) is 8.83 Å². The summed E-state index contributed by atoms with van der Waals surface area (Å²) in [6.07, 6.45) is 0. The predicted octanol–water partition coefficient (Wildman–Crippen LogP) is 8.90. The molecule has 0 bridgehead atoms. The monoisotopic (exact) mass is 425 g/mol. The second-order valence-corrected chi connectivity index (χ2v) is 8.26. The van der Waals surface area contributed by atoms with Crippen LogP contribution < -0.4 is 5.32 Å². The molecule has 7 rings (SSSR count). The minimum atomic E-state index is 0.879. The number of hydrogen-bond donors (Lipinski definition) is 1. The van der Waals surface area contributed by atoms with Crippen LogP contribution >= 0.6 is 0 Å². The molecule has 2 heterocycles. The van der Waals surface area contributed by atoms with Gasteiger partial charge in [0.2, 0.25) is 0 Å². The molecular weight excluding hydrogens is 406 g/mol. The fourth-order valence-corrected chi connectivity index (χ4v) is 4.77. The Morgan fingerprint density at radius 2 is 1.21 bits per heavy atom. The standard InChI is InChI=1S/C30H19NO2/c1-3-15-26-22(10-1)23-13-6-12-21(30(23)33-26)19-8-5-9-20(18-19)31-25-14-7-17-28-29(25)24-11-2-4-16-27(24)32-28/h1-18,31H. The van der Waals surface area contributed by atoms with Gasteiger partial charge in [0.15, 0.2) is 0 Å². The largest absolute Gasteiger partial charge is 0.456 e. The number of benzene rings is 5. The van der Waals surface area contributed by atoms with Crippen molar-refractivity contribution < 1.29 is 8.83 Å². The van der Waals surface area contributed by atoms with E-state index >= 15 is 0 Å². The summed E-state index contributed by atoms with van der Waals surface area (Å²) in [5, 5.41) is 8.10. The Kier molecular flexibility index (Phi) is 3.84. The zero-order valence-electron chi connectivity index (χ0n) is 17.7. The van der Waals surface area contributed by atoms with Gasteiger partial charge in [-0.15, -0.1) is 0 Å². The van der Waals surface area contributed by atoms with Crippen molar-refractivity contribution in [2.45, 2.75) is 0 Å². The van der Waals surface area contributed by atoms with Crippen molar-refractivity contribution in [2.75, 3.05) is 5.32 Å². The summed E-state index contributed by atoms with van der Waals surface area (Å²) in [7, 11) is 0. The molecule has 156 valence electrons. The van der Waals surface area contributed by atoms with Gasteiger partial charge in [0, 0.05) is 27.4 Å². The molecule has 0 saturated carbocycles. The van der Waals surface area contributed by atoms with Gasteiger partial charge < -0.3 is 14.2 Å². The van der Waals surface area contributed by atoms with Crippen molar-refractivity contribution in [2.24, 2.45) is 0 Å². The minimum absolute atomic E-state index is 0.879. The molecule has 0 aliphatic heterocycles. The van der Waals surface area contributed by atoms with E-state index in [2.05, 4.69) is 72.0 Å². The lowest BCUT2D eigenvalue weighted by Crippen LogP contribution is -1.91. The third-order valence-corrected chi connectivity index (χ3v) is 6.26. The average Bonchev–Trinajstić information content (AvgIpc) is 3.43. The van der Waals surface area contributed by atoms with Gasteiger partial charge in [0.05, 0.1) is 11.1 Å². The third kappa shape index (κ3) is 2.83. The van der Waals surface area contributed by atoms with E-state index in [1.54, 1.807) is 0 Å². The lowest BCUT2D eigenvalue weighted by molar-refractivity contribution is 0.669. The zero-order valence-corrected chi connectivity index (χ0v) is 17.7. The highest BCUT2D eigenvalue weighted by atomic mass is 16.3. The fraction of sp³-hybridized carbons (Fsp3) is 0. The first-order chi connectivity index (χ1) is 16.3. The van der Waals surface area contributed by atoms with Crippen LogP contribution in [0.4, 0.5) is 11.4 Å². The molecule has 0 unspecified atom stereocenters. The quantitative estimate of drug-likeness (QED) is 0.307. The van der Waals surface area contributed by atoms with E-state index in [9.17, 15) is 0 Å². The lowest BCUT2D eigenvalue weighted by atomic mass is 10.0. The number of furan rings is 2. The van der Waals surface area contributed by atoms with Crippen LogP contribution in [0.25, 0.3) is 55.0 Å². The average molecular weight is 425 g/mol. The van der Waals surface area contributed by atoms with E-state index in [1.807, 2.05) is 42.5 Å². The highest BCUT2D eigenvalue weighted by molar-refractivity contribution is 6.12. The second kappa shape index (κ2) is 7.01. The maximum atomic E-state index is 6.26. The fourth-order valence-electron chi connectivity index (χ4n) is 4.77. The summed E-state index contributed by atoms with van der Waals surface area (Å²) in [6.45, 7) is 0. The topological polar surface area (TPSA) is 38.3 Å². The van der Waals surface area contributed by atoms with Crippen LogP contribution in [0.5, 0.6) is 0 Å². The van der Waals surface area contributed by atoms with Crippen LogP contribution in [0.3, 0.4) is 0 Å². The lowest BCUT2D eigenvalue weighted by Gasteiger charge is -2.10. The molecule has 7 aromatic rings. The van der Waals surface area contributed by atoms with Gasteiger partial charge in [0.25, 0.3) is 0 Å². The maximum absolute atomic E-state index is 6.26. The normalized spacial score (nSPS) is 11.6. The summed E-state index contributed by atoms with van der Waals surface area (Å²) < 4.78 is 12.3. The predicted molar refractivity (Wildman–Crippen MR) is 136 cm³/mol. The molecule has 3 heteroatoms. The third-order valence-electron chi connectivity index (χ3n) is 6.26. The molecule has 0 saturated heterocycles. The first-order valence-corrected chi connectivity index (χ1v) is 11.0. The molecule has 1 N–H and O–H groups in total. The summed E-state index contributed by atoms with van der Waals surface area (Å²) in [4.78, 5) is 0. The molecule has 0 fully saturated rings. The van der Waals surface area contributed by atoms with Crippen LogP contribution in [0, 0.1) is 0 Å². The van der Waals surface area contributed by atoms with Gasteiger partial charge in [-0.05, 0) is 42.0 Å². The number of anilines is 2. The molecule has 0 radical (unpaired) electrons. The summed E-state index contributed by atoms with van der Waals surface area (Å²) in [5.41, 5.74) is 7.83. The summed E-state index contributed by atoms with van der Waals surface area (Å²) in [5.74, 6) is 0. The van der Waals surface area contributed by atoms with E-state index in [0.29, 0.717) is 0 Å². The van der Waals surface area contributed by atoms with Crippen molar-refractivity contribution in [3.8, 4) is 11.1 Å². The molecule has 0 aliphatic carbocycles. The van der Waals surface area contributed by atoms with Crippen LogP contribution in [-0.4, -0.2) is 0 Å². The van der Waals surface area contributed by atoms with Crippen molar-refractivity contribution in [3.63, 3.8) is 0 Å². The Morgan fingerprint density at radius 1 is 0.515 bits per heavy atom. The Labute approximate surface area is 189 Å². The summed E-state index contributed by atoms with van der Waals surface area (Å²) >= 11 is 0. The first kappa shape index (κ1) is 18.1. The Hall–Kier alpha value is -4.50. The van der Waals surface area contributed by atoms with Gasteiger partial charge in [-0.3, -0.25) is 0 Å². The zero-order chi connectivity index (χ0) is 21.8. The van der Waals surface area contributed by atoms with Gasteiger partial charge in [-0.2, -0.15) is 0 Å². The number of fused-ring (bicyclic) bond motifs is 6. The molecule has 0 aliphatic rings. The van der Waals surface area contributed by atoms with Crippen LogP contribution in [0.1, 0.15) is 0 Å². The molecule has 0 spiro atoms. The molecule has 3 nitrogen and oxygen atoms in total. The number of nitrogens with one attached hydrogen (secondary N) is 1. The molecule has 5 aromatic carbocycles. The molecule has 33 heavy (non-hydrogen) atoms. The maximum Gasteiger partial charge on any atom is 0.143 e. The van der Waals surface area contributed by atoms with Gasteiger partial charge in [-0.25, -0.2) is 0 Å². The Balaban J connectivity index is 1.35. The van der Waals surface area contributed by atoms with E-state index in [0.717, 1.165) is 66.4 Å². The molecule has 0 amide bonds. The molecule has 2 aromatic heterocycles. The number of para-hydroxylation sites is 3. The van der Waals surface area contributed by atoms with Gasteiger partial charge in [0.1, 0.15) is 22.3 Å². The number of hydrogen-bond acceptors (Lipinski definition) is 3. The molecule has 0 atom stereocenters. The highest BCUT2D eigenvalue weighted by Gasteiger charge is 2.13. The SMILES string of the molecule is c1cc(Nc2cccc3oc4ccccc4c23)cc(-c2cccc3c2oc2ccccc23)c1. The van der Waals surface area contributed by atoms with Gasteiger partial charge >= 0.3 is 0 Å². The van der Waals surface area contributed by atoms with Crippen LogP contribution in [-0.2, 0) is 0 Å². The van der Waals surface area contributed by atoms with Crippen molar-refractivity contribution in [1.82, 2.24) is 0 Å². The Bertz CT molecular complexity index is 1810. The second-order valence-electron chi connectivity index (χ2n) is 8.26. The number of rotatable bonds is 3. The minimum Gasteiger partial charge on any atom is -0.456 e. The van der Waals surface area contributed by atoms with E-state index in [1.165, 1.54) is 0 Å². The highest BCUT2D eigenvalue weighted by Crippen LogP contribution is 2.38. The first-order valence-electron chi connectivity index (χ1n) is 11.0. The molecular formula is C30H19NO2. The van der Waals surface area contributed by atoms with E-state index < -0.39 is 0 Å². The van der Waals surface area contributed by atoms with Crippen molar-refractivity contribution in [3.05, 3.63) is 109 Å². The van der Waals surface area contributed by atoms with Crippen molar-refractivity contribution in [1.29, 1.82) is 0 Å². The van der Waals surface area contributed by atoms with Crippen LogP contribution in [0.15, 0.2) is 118 Å². The van der Waals surface area contributed by atoms with Crippen LogP contribution in [0.2, 0.25) is 0 Å². The van der Waals surface area contributed by atoms with Crippen molar-refractivity contribution >= 4 is 55.3 Å².